The molecule has 0 unspecified atom stereocenters. The predicted octanol–water partition coefficient (Wildman–Crippen LogP) is -0.198. The molecule has 0 fully saturated rings. The van der Waals surface area contributed by atoms with Gasteiger partial charge in [0.2, 0.25) is 0 Å². The van der Waals surface area contributed by atoms with E-state index in [0.717, 1.165) is 12.8 Å². The highest BCUT2D eigenvalue weighted by Gasteiger charge is 2.04. The molecule has 0 bridgehead atoms. The number of carbonyl (C=O) groups excluding carboxylic acids is 1. The number of halogens is 1. The first-order valence-electron chi connectivity index (χ1n) is 5.23. The van der Waals surface area contributed by atoms with E-state index < -0.39 is 0 Å². The van der Waals surface area contributed by atoms with Crippen molar-refractivity contribution in [2.45, 2.75) is 19.3 Å². The average molecular weight is 331 g/mol. The van der Waals surface area contributed by atoms with Gasteiger partial charge in [0.25, 0.3) is 0 Å². The molecule has 2 nitrogen and oxygen atoms in total. The van der Waals surface area contributed by atoms with Crippen LogP contribution in [0.15, 0.2) is 40.5 Å². The maximum Gasteiger partial charge on any atom is 0.349 e. The van der Waals surface area contributed by atoms with Crippen LogP contribution in [0.3, 0.4) is 0 Å². The molecule has 1 aromatic rings. The first-order chi connectivity index (χ1) is 7.83. The van der Waals surface area contributed by atoms with Gasteiger partial charge in [-0.05, 0) is 31.1 Å². The Balaban J connectivity index is 2.12. The molecule has 0 aliphatic carbocycles. The van der Waals surface area contributed by atoms with Crippen molar-refractivity contribution in [3.8, 4) is 0 Å². The number of rotatable bonds is 6. The summed E-state index contributed by atoms with van der Waals surface area (Å²) in [6.07, 6.45) is 4.52. The number of benzene rings is 1. The second-order valence-electron chi connectivity index (χ2n) is 3.23. The molecular weight excluding hydrogens is 315 g/mol. The molecule has 0 heterocycles. The van der Waals surface area contributed by atoms with E-state index in [1.54, 1.807) is 0 Å². The molecule has 0 N–H and O–H groups in total. The largest absolute Gasteiger partial charge is 0.469 e. The number of esters is 1. The number of methoxy groups -OCH3 is 1. The van der Waals surface area contributed by atoms with Crippen LogP contribution in [0.5, 0.6) is 0 Å². The van der Waals surface area contributed by atoms with Gasteiger partial charge in [-0.1, -0.05) is 18.2 Å². The molecule has 86 valence electrons. The normalized spacial score (nSPS) is 10.6. The summed E-state index contributed by atoms with van der Waals surface area (Å²) in [5.74, 6) is -0.119. The fourth-order valence-electron chi connectivity index (χ4n) is 1.13. The van der Waals surface area contributed by atoms with Gasteiger partial charge in [-0.15, -0.1) is 0 Å². The van der Waals surface area contributed by atoms with Gasteiger partial charge < -0.3 is 4.74 Å². The van der Waals surface area contributed by atoms with Crippen LogP contribution in [0.1, 0.15) is 19.3 Å². The Morgan fingerprint density at radius 3 is 2.81 bits per heavy atom. The van der Waals surface area contributed by atoms with Gasteiger partial charge in [-0.3, -0.25) is 4.79 Å². The Kier molecular flexibility index (Phi) is 6.88. The van der Waals surface area contributed by atoms with E-state index in [0.29, 0.717) is 6.42 Å². The highest BCUT2D eigenvalue weighted by Crippen LogP contribution is 1.96. The minimum absolute atomic E-state index is 0.00735. The Labute approximate surface area is 107 Å². The Morgan fingerprint density at radius 2 is 2.12 bits per heavy atom. The topological polar surface area (TPSA) is 26.3 Å². The molecule has 0 aliphatic heterocycles. The predicted molar refractivity (Wildman–Crippen MR) is 60.1 cm³/mol. The van der Waals surface area contributed by atoms with Crippen molar-refractivity contribution in [1.82, 2.24) is 0 Å². The second-order valence-corrected chi connectivity index (χ2v) is 5.82. The van der Waals surface area contributed by atoms with Gasteiger partial charge in [0, 0.05) is 6.42 Å². The lowest BCUT2D eigenvalue weighted by Gasteiger charge is -1.94. The van der Waals surface area contributed by atoms with Crippen molar-refractivity contribution in [2.75, 3.05) is 7.11 Å². The molecule has 0 saturated carbocycles. The zero-order valence-electron chi connectivity index (χ0n) is 9.36. The van der Waals surface area contributed by atoms with Crippen LogP contribution >= 0.6 is 0 Å². The zero-order valence-corrected chi connectivity index (χ0v) is 11.5. The zero-order chi connectivity index (χ0) is 11.6. The van der Waals surface area contributed by atoms with Crippen LogP contribution in [0, 0.1) is 3.57 Å². The summed E-state index contributed by atoms with van der Waals surface area (Å²) in [5, 5.41) is 0. The van der Waals surface area contributed by atoms with Gasteiger partial charge in [-0.25, -0.2) is 0 Å². The summed E-state index contributed by atoms with van der Waals surface area (Å²) in [4.78, 5) is 10.8. The third-order valence-electron chi connectivity index (χ3n) is 1.99. The van der Waals surface area contributed by atoms with Crippen LogP contribution in [0.4, 0.5) is 0 Å². The van der Waals surface area contributed by atoms with E-state index >= 15 is 0 Å². The minimum Gasteiger partial charge on any atom is -0.469 e. The monoisotopic (exact) mass is 331 g/mol. The molecule has 0 aliphatic rings. The molecule has 1 rings (SSSR count). The van der Waals surface area contributed by atoms with Gasteiger partial charge in [0.15, 0.2) is 7.65 Å². The van der Waals surface area contributed by atoms with Crippen molar-refractivity contribution >= 4 is 5.97 Å². The lowest BCUT2D eigenvalue weighted by atomic mass is 10.2. The van der Waals surface area contributed by atoms with E-state index in [1.807, 2.05) is 6.07 Å². The fraction of sp³-hybridized carbons (Fsp3) is 0.308. The lowest BCUT2D eigenvalue weighted by molar-refractivity contribution is -0.557. The summed E-state index contributed by atoms with van der Waals surface area (Å²) >= 11 is -0.00735. The summed E-state index contributed by atoms with van der Waals surface area (Å²) in [6, 6.07) is 10.5. The molecule has 1 aromatic carbocycles. The number of hydrogen-bond donors (Lipinski definition) is 0. The third-order valence-corrected chi connectivity index (χ3v) is 4.30. The van der Waals surface area contributed by atoms with Gasteiger partial charge in [-0.2, -0.15) is 0 Å². The van der Waals surface area contributed by atoms with E-state index in [2.05, 4.69) is 39.2 Å². The lowest BCUT2D eigenvalue weighted by Crippen LogP contribution is -3.59. The summed E-state index contributed by atoms with van der Waals surface area (Å²) in [5.41, 5.74) is 0. The molecular formula is C13H16IO2+. The van der Waals surface area contributed by atoms with Crippen LogP contribution in [0.2, 0.25) is 0 Å². The molecule has 16 heavy (non-hydrogen) atoms. The number of ether oxygens (including phenoxy) is 1. The van der Waals surface area contributed by atoms with Crippen LogP contribution < -0.4 is 21.2 Å². The molecule has 0 aromatic heterocycles. The second kappa shape index (κ2) is 8.33. The molecule has 0 atom stereocenters. The Morgan fingerprint density at radius 1 is 1.38 bits per heavy atom. The van der Waals surface area contributed by atoms with Gasteiger partial charge in [0.1, 0.15) is 0 Å². The van der Waals surface area contributed by atoms with Crippen LogP contribution in [-0.2, 0) is 9.53 Å². The highest BCUT2D eigenvalue weighted by atomic mass is 127. The van der Waals surface area contributed by atoms with E-state index in [4.69, 9.17) is 0 Å². The molecule has 0 spiro atoms. The standard InChI is InChI=1S/C13H16IO2/c1-16-13(15)10-6-3-7-11-14-12-8-4-2-5-9-12/h2,4-5,7-9,11H,3,6,10H2,1H3/q+1/b11-7+. The number of allylic oxidation sites excluding steroid dienone is 1. The van der Waals surface area contributed by atoms with Crippen molar-refractivity contribution in [3.05, 3.63) is 44.1 Å². The maximum absolute atomic E-state index is 10.8. The number of unbranched alkanes of at least 4 members (excludes halogenated alkanes) is 1. The van der Waals surface area contributed by atoms with Crippen molar-refractivity contribution in [2.24, 2.45) is 0 Å². The summed E-state index contributed by atoms with van der Waals surface area (Å²) in [6.45, 7) is 0. The first-order valence-corrected chi connectivity index (χ1v) is 7.55. The minimum atomic E-state index is -0.119. The quantitative estimate of drug-likeness (QED) is 0.410. The summed E-state index contributed by atoms with van der Waals surface area (Å²) in [7, 11) is 1.43. The molecule has 3 heteroatoms. The number of hydrogen-bond acceptors (Lipinski definition) is 2. The van der Waals surface area contributed by atoms with Crippen LogP contribution in [-0.4, -0.2) is 13.1 Å². The van der Waals surface area contributed by atoms with E-state index in [-0.39, 0.29) is 27.2 Å². The molecule has 0 amide bonds. The molecule has 0 saturated heterocycles. The summed E-state index contributed by atoms with van der Waals surface area (Å²) < 4.78 is 8.25. The smallest absolute Gasteiger partial charge is 0.349 e. The third kappa shape index (κ3) is 5.90. The average Bonchev–Trinajstić information content (AvgIpc) is 2.34. The maximum atomic E-state index is 10.8. The van der Waals surface area contributed by atoms with Crippen molar-refractivity contribution in [1.29, 1.82) is 0 Å². The first kappa shape index (κ1) is 13.2. The SMILES string of the molecule is COC(=O)CCC/C=C/[I+]c1ccccc1. The van der Waals surface area contributed by atoms with Crippen LogP contribution in [0.25, 0.3) is 0 Å². The van der Waals surface area contributed by atoms with Crippen molar-refractivity contribution < 1.29 is 30.7 Å². The Hall–Kier alpha value is -0.840. The van der Waals surface area contributed by atoms with E-state index in [9.17, 15) is 4.79 Å². The molecule has 0 radical (unpaired) electrons. The van der Waals surface area contributed by atoms with Gasteiger partial charge in [0.05, 0.1) is 7.11 Å². The Bertz CT molecular complexity index is 333. The van der Waals surface area contributed by atoms with E-state index in [1.165, 1.54) is 10.7 Å². The fourth-order valence-corrected chi connectivity index (χ4v) is 2.99. The van der Waals surface area contributed by atoms with Crippen molar-refractivity contribution in [3.63, 3.8) is 0 Å². The highest BCUT2D eigenvalue weighted by molar-refractivity contribution is 5.68. The van der Waals surface area contributed by atoms with Gasteiger partial charge >= 0.3 is 27.2 Å². The number of carbonyl (C=O) groups is 1.